The van der Waals surface area contributed by atoms with Gasteiger partial charge in [0, 0.05) is 0 Å². The van der Waals surface area contributed by atoms with Crippen LogP contribution in [-0.2, 0) is 19.1 Å². The highest BCUT2D eigenvalue weighted by molar-refractivity contribution is 7.22. The number of nitrogens with zero attached hydrogens (tertiary/aromatic N) is 2. The molecule has 3 atom stereocenters. The summed E-state index contributed by atoms with van der Waals surface area (Å²) < 4.78 is 17.9. The van der Waals surface area contributed by atoms with Crippen molar-refractivity contribution in [1.82, 2.24) is 4.98 Å². The molecule has 3 aliphatic rings. The van der Waals surface area contributed by atoms with Crippen LogP contribution < -0.4 is 9.64 Å². The zero-order chi connectivity index (χ0) is 26.4. The van der Waals surface area contributed by atoms with Crippen molar-refractivity contribution >= 4 is 44.3 Å². The van der Waals surface area contributed by atoms with E-state index in [4.69, 9.17) is 19.2 Å². The number of thiazole rings is 1. The minimum Gasteiger partial charge on any atom is -0.494 e. The molecule has 0 saturated heterocycles. The third-order valence-corrected chi connectivity index (χ3v) is 8.36. The van der Waals surface area contributed by atoms with Crippen LogP contribution in [0.2, 0.25) is 0 Å². The number of carbonyl (C=O) groups excluding carboxylic acids is 3. The summed E-state index contributed by atoms with van der Waals surface area (Å²) in [5.41, 5.74) is 2.23. The Balaban J connectivity index is 1.46. The maximum atomic E-state index is 13.9. The second-order valence-electron chi connectivity index (χ2n) is 9.64. The van der Waals surface area contributed by atoms with Gasteiger partial charge in [0.2, 0.25) is 0 Å². The topological polar surface area (TPSA) is 95.0 Å². The number of hydrogen-bond donors (Lipinski definition) is 0. The van der Waals surface area contributed by atoms with E-state index in [9.17, 15) is 14.4 Å². The van der Waals surface area contributed by atoms with Gasteiger partial charge < -0.3 is 14.2 Å². The Morgan fingerprint density at radius 1 is 1.11 bits per heavy atom. The normalized spacial score (nSPS) is 22.8. The Hall–Kier alpha value is -3.72. The number of amides is 1. The van der Waals surface area contributed by atoms with E-state index >= 15 is 0 Å². The third kappa shape index (κ3) is 4.05. The molecule has 2 aromatic carbocycles. The van der Waals surface area contributed by atoms with E-state index in [-0.39, 0.29) is 36.1 Å². The zero-order valence-corrected chi connectivity index (χ0v) is 22.1. The molecule has 1 aromatic heterocycles. The molecular weight excluding hydrogens is 504 g/mol. The van der Waals surface area contributed by atoms with Crippen molar-refractivity contribution in [2.75, 3.05) is 18.1 Å². The summed E-state index contributed by atoms with van der Waals surface area (Å²) in [5, 5.41) is 0.437. The van der Waals surface area contributed by atoms with Gasteiger partial charge in [-0.15, -0.1) is 0 Å². The third-order valence-electron chi connectivity index (χ3n) is 7.34. The zero-order valence-electron chi connectivity index (χ0n) is 21.3. The molecule has 1 fully saturated rings. The maximum Gasteiger partial charge on any atom is 0.338 e. The first-order chi connectivity index (χ1) is 18.5. The largest absolute Gasteiger partial charge is 0.494 e. The Kier molecular flexibility index (Phi) is 6.39. The van der Waals surface area contributed by atoms with Gasteiger partial charge in [-0.1, -0.05) is 29.9 Å². The molecule has 196 valence electrons. The Bertz CT molecular complexity index is 1480. The highest BCUT2D eigenvalue weighted by Gasteiger charge is 2.53. The number of esters is 1. The van der Waals surface area contributed by atoms with Gasteiger partial charge in [-0.3, -0.25) is 14.5 Å². The van der Waals surface area contributed by atoms with Gasteiger partial charge in [0.1, 0.15) is 11.9 Å². The van der Waals surface area contributed by atoms with E-state index in [0.717, 1.165) is 35.9 Å². The predicted molar refractivity (Wildman–Crippen MR) is 142 cm³/mol. The molecule has 0 bridgehead atoms. The molecule has 1 aliphatic carbocycles. The van der Waals surface area contributed by atoms with Crippen molar-refractivity contribution in [3.8, 4) is 5.75 Å². The molecule has 2 aliphatic heterocycles. The number of anilines is 1. The lowest BCUT2D eigenvalue weighted by Crippen LogP contribution is -2.39. The summed E-state index contributed by atoms with van der Waals surface area (Å²) in [6, 6.07) is 11.9. The predicted octanol–water partition coefficient (Wildman–Crippen LogP) is 5.37. The van der Waals surface area contributed by atoms with E-state index < -0.39 is 12.0 Å². The number of carbonyl (C=O) groups is 3. The van der Waals surface area contributed by atoms with E-state index in [0.29, 0.717) is 34.1 Å². The standard InChI is InChI=1S/C29H28N2O6S/c1-3-35-18-9-7-8-16(14-18)24-23-25(32)19-10-5-6-11-21(19)37-26(23)27(33)31(24)29-30-20-13-12-17(15-22(20)38-29)28(34)36-4-2/h7-9,12-15,19,21,24H,3-6,10-11H2,1-2H3. The van der Waals surface area contributed by atoms with E-state index in [1.807, 2.05) is 31.2 Å². The second kappa shape index (κ2) is 9.87. The smallest absolute Gasteiger partial charge is 0.338 e. The summed E-state index contributed by atoms with van der Waals surface area (Å²) >= 11 is 1.29. The van der Waals surface area contributed by atoms with Crippen molar-refractivity contribution in [3.63, 3.8) is 0 Å². The van der Waals surface area contributed by atoms with Gasteiger partial charge in [-0.25, -0.2) is 9.78 Å². The first kappa shape index (κ1) is 24.6. The van der Waals surface area contributed by atoms with Crippen molar-refractivity contribution < 1.29 is 28.6 Å². The van der Waals surface area contributed by atoms with E-state index in [2.05, 4.69) is 0 Å². The SMILES string of the molecule is CCOC(=O)c1ccc2nc(N3C(=O)C4=C(C(=O)C5CCCCC5O4)C3c3cccc(OCC)c3)sc2c1. The van der Waals surface area contributed by atoms with Gasteiger partial charge in [0.05, 0.1) is 46.5 Å². The first-order valence-corrected chi connectivity index (χ1v) is 13.9. The lowest BCUT2D eigenvalue weighted by molar-refractivity contribution is -0.131. The van der Waals surface area contributed by atoms with Crippen LogP contribution in [0.25, 0.3) is 10.2 Å². The quantitative estimate of drug-likeness (QED) is 0.394. The molecule has 38 heavy (non-hydrogen) atoms. The average Bonchev–Trinajstić information content (AvgIpc) is 3.47. The maximum absolute atomic E-state index is 13.9. The Morgan fingerprint density at radius 2 is 1.95 bits per heavy atom. The molecule has 0 N–H and O–H groups in total. The summed E-state index contributed by atoms with van der Waals surface area (Å²) in [5.74, 6) is -0.231. The lowest BCUT2D eigenvalue weighted by atomic mass is 9.77. The molecule has 0 spiro atoms. The monoisotopic (exact) mass is 532 g/mol. The minimum atomic E-state index is -0.682. The lowest BCUT2D eigenvalue weighted by Gasteiger charge is -2.35. The summed E-state index contributed by atoms with van der Waals surface area (Å²) in [6.07, 6.45) is 3.22. The van der Waals surface area contributed by atoms with E-state index in [1.165, 1.54) is 11.3 Å². The number of aromatic nitrogens is 1. The first-order valence-electron chi connectivity index (χ1n) is 13.1. The second-order valence-corrected chi connectivity index (χ2v) is 10.6. The summed E-state index contributed by atoms with van der Waals surface area (Å²) in [4.78, 5) is 46.4. The van der Waals surface area contributed by atoms with Gasteiger partial charge in [-0.05, 0) is 69.0 Å². The van der Waals surface area contributed by atoms with Gasteiger partial charge in [0.25, 0.3) is 5.91 Å². The fourth-order valence-electron chi connectivity index (χ4n) is 5.66. The fourth-order valence-corrected chi connectivity index (χ4v) is 6.69. The van der Waals surface area contributed by atoms with Crippen LogP contribution >= 0.6 is 11.3 Å². The Labute approximate surface area is 224 Å². The number of Topliss-reactive ketones (excluding diaryl/α,β-unsaturated/α-hetero) is 1. The molecule has 1 saturated carbocycles. The van der Waals surface area contributed by atoms with Crippen LogP contribution in [0, 0.1) is 5.92 Å². The van der Waals surface area contributed by atoms with Crippen molar-refractivity contribution in [3.05, 3.63) is 64.9 Å². The molecule has 3 heterocycles. The highest BCUT2D eigenvalue weighted by Crippen LogP contribution is 2.49. The molecule has 6 rings (SSSR count). The number of benzene rings is 2. The fraction of sp³-hybridized carbons (Fsp3) is 0.379. The summed E-state index contributed by atoms with van der Waals surface area (Å²) in [6.45, 7) is 4.45. The minimum absolute atomic E-state index is 0.00989. The van der Waals surface area contributed by atoms with Crippen molar-refractivity contribution in [2.24, 2.45) is 5.92 Å². The van der Waals surface area contributed by atoms with Crippen LogP contribution in [0.3, 0.4) is 0 Å². The molecule has 9 heteroatoms. The van der Waals surface area contributed by atoms with Crippen LogP contribution in [0.5, 0.6) is 5.75 Å². The number of ketones is 1. The molecule has 0 radical (unpaired) electrons. The number of fused-ring (bicyclic) bond motifs is 2. The number of hydrogen-bond acceptors (Lipinski definition) is 8. The number of rotatable bonds is 6. The molecule has 1 amide bonds. The number of ether oxygens (including phenoxy) is 3. The molecule has 3 unspecified atom stereocenters. The van der Waals surface area contributed by atoms with E-state index in [1.54, 1.807) is 30.0 Å². The van der Waals surface area contributed by atoms with Crippen molar-refractivity contribution in [1.29, 1.82) is 0 Å². The summed E-state index contributed by atoms with van der Waals surface area (Å²) in [7, 11) is 0. The van der Waals surface area contributed by atoms with Crippen LogP contribution in [0.15, 0.2) is 53.8 Å². The molecular formula is C29H28N2O6S. The Morgan fingerprint density at radius 3 is 2.76 bits per heavy atom. The molecule has 3 aromatic rings. The van der Waals surface area contributed by atoms with Crippen LogP contribution in [-0.4, -0.2) is 42.0 Å². The van der Waals surface area contributed by atoms with Crippen molar-refractivity contribution in [2.45, 2.75) is 51.7 Å². The van der Waals surface area contributed by atoms with Gasteiger partial charge >= 0.3 is 5.97 Å². The van der Waals surface area contributed by atoms with Gasteiger partial charge in [-0.2, -0.15) is 0 Å². The van der Waals surface area contributed by atoms with Crippen LogP contribution in [0.4, 0.5) is 5.13 Å². The van der Waals surface area contributed by atoms with Gasteiger partial charge in [0.15, 0.2) is 16.7 Å². The highest BCUT2D eigenvalue weighted by atomic mass is 32.1. The van der Waals surface area contributed by atoms with Crippen LogP contribution in [0.1, 0.15) is 61.5 Å². The average molecular weight is 533 g/mol. The molecule has 8 nitrogen and oxygen atoms in total.